The van der Waals surface area contributed by atoms with Crippen molar-refractivity contribution in [3.63, 3.8) is 0 Å². The summed E-state index contributed by atoms with van der Waals surface area (Å²) >= 11 is 0. The zero-order valence-electron chi connectivity index (χ0n) is 12.6. The standard InChI is InChI=1S/C19H21N/c1-13(2)17-9-18(14(3)4)11-19(10-17)16-7-5-15(12-20)6-8-16/h5-11,13-14H,1-4H3. The minimum atomic E-state index is 0.519. The van der Waals surface area contributed by atoms with Crippen LogP contribution < -0.4 is 0 Å². The molecule has 20 heavy (non-hydrogen) atoms. The van der Waals surface area contributed by atoms with E-state index in [1.54, 1.807) is 0 Å². The average Bonchev–Trinajstić information content (AvgIpc) is 2.46. The summed E-state index contributed by atoms with van der Waals surface area (Å²) in [5.41, 5.74) is 5.86. The Hall–Kier alpha value is -2.07. The first-order chi connectivity index (χ1) is 9.51. The SMILES string of the molecule is CC(C)c1cc(-c2ccc(C#N)cc2)cc(C(C)C)c1. The maximum Gasteiger partial charge on any atom is 0.0991 e. The van der Waals surface area contributed by atoms with E-state index in [0.29, 0.717) is 17.4 Å². The summed E-state index contributed by atoms with van der Waals surface area (Å²) in [4.78, 5) is 0. The molecule has 0 radical (unpaired) electrons. The third-order valence-electron chi connectivity index (χ3n) is 3.66. The maximum absolute atomic E-state index is 8.88. The van der Waals surface area contributed by atoms with E-state index < -0.39 is 0 Å². The van der Waals surface area contributed by atoms with E-state index in [1.165, 1.54) is 22.3 Å². The van der Waals surface area contributed by atoms with Crippen LogP contribution in [-0.4, -0.2) is 0 Å². The molecule has 0 heterocycles. The molecule has 0 aromatic heterocycles. The second-order valence-corrected chi connectivity index (χ2v) is 5.89. The first-order valence-electron chi connectivity index (χ1n) is 7.16. The highest BCUT2D eigenvalue weighted by Crippen LogP contribution is 2.29. The first-order valence-corrected chi connectivity index (χ1v) is 7.16. The van der Waals surface area contributed by atoms with Crippen LogP contribution in [0.25, 0.3) is 11.1 Å². The molecule has 0 aliphatic carbocycles. The van der Waals surface area contributed by atoms with Crippen molar-refractivity contribution in [2.75, 3.05) is 0 Å². The van der Waals surface area contributed by atoms with Crippen LogP contribution in [0, 0.1) is 11.3 Å². The number of hydrogen-bond donors (Lipinski definition) is 0. The van der Waals surface area contributed by atoms with E-state index in [9.17, 15) is 0 Å². The third kappa shape index (κ3) is 3.08. The van der Waals surface area contributed by atoms with E-state index in [-0.39, 0.29) is 0 Å². The van der Waals surface area contributed by atoms with Crippen LogP contribution in [-0.2, 0) is 0 Å². The van der Waals surface area contributed by atoms with Gasteiger partial charge in [-0.05, 0) is 46.2 Å². The van der Waals surface area contributed by atoms with Crippen LogP contribution in [0.4, 0.5) is 0 Å². The zero-order chi connectivity index (χ0) is 14.7. The van der Waals surface area contributed by atoms with Crippen molar-refractivity contribution < 1.29 is 0 Å². The molecule has 2 aromatic rings. The van der Waals surface area contributed by atoms with Gasteiger partial charge in [0.1, 0.15) is 0 Å². The highest BCUT2D eigenvalue weighted by Gasteiger charge is 2.08. The molecule has 2 aromatic carbocycles. The van der Waals surface area contributed by atoms with Gasteiger partial charge >= 0.3 is 0 Å². The average molecular weight is 263 g/mol. The molecule has 0 aliphatic rings. The van der Waals surface area contributed by atoms with Crippen molar-refractivity contribution in [1.82, 2.24) is 0 Å². The monoisotopic (exact) mass is 263 g/mol. The molecule has 0 saturated heterocycles. The van der Waals surface area contributed by atoms with Crippen molar-refractivity contribution in [3.8, 4) is 17.2 Å². The molecule has 0 amide bonds. The Bertz CT molecular complexity index is 602. The lowest BCUT2D eigenvalue weighted by Gasteiger charge is -2.14. The van der Waals surface area contributed by atoms with E-state index in [4.69, 9.17) is 5.26 Å². The van der Waals surface area contributed by atoms with Crippen LogP contribution in [0.2, 0.25) is 0 Å². The van der Waals surface area contributed by atoms with Crippen molar-refractivity contribution >= 4 is 0 Å². The molecular formula is C19H21N. The van der Waals surface area contributed by atoms with Crippen molar-refractivity contribution in [3.05, 3.63) is 59.2 Å². The van der Waals surface area contributed by atoms with E-state index in [1.807, 2.05) is 24.3 Å². The smallest absolute Gasteiger partial charge is 0.0991 e. The molecule has 0 bridgehead atoms. The van der Waals surface area contributed by atoms with Gasteiger partial charge in [0.15, 0.2) is 0 Å². The highest BCUT2D eigenvalue weighted by molar-refractivity contribution is 5.66. The van der Waals surface area contributed by atoms with Crippen LogP contribution in [0.1, 0.15) is 56.2 Å². The summed E-state index contributed by atoms with van der Waals surface area (Å²) in [6.07, 6.45) is 0. The molecular weight excluding hydrogens is 242 g/mol. The minimum absolute atomic E-state index is 0.519. The van der Waals surface area contributed by atoms with Gasteiger partial charge in [-0.25, -0.2) is 0 Å². The lowest BCUT2D eigenvalue weighted by atomic mass is 9.91. The van der Waals surface area contributed by atoms with Crippen molar-refractivity contribution in [1.29, 1.82) is 5.26 Å². The Morgan fingerprint density at radius 3 is 1.65 bits per heavy atom. The lowest BCUT2D eigenvalue weighted by molar-refractivity contribution is 0.834. The summed E-state index contributed by atoms with van der Waals surface area (Å²) < 4.78 is 0. The van der Waals surface area contributed by atoms with Gasteiger partial charge in [-0.2, -0.15) is 5.26 Å². The molecule has 0 atom stereocenters. The largest absolute Gasteiger partial charge is 0.192 e. The van der Waals surface area contributed by atoms with Crippen LogP contribution in [0.3, 0.4) is 0 Å². The summed E-state index contributed by atoms with van der Waals surface area (Å²) in [6, 6.07) is 16.8. The third-order valence-corrected chi connectivity index (χ3v) is 3.66. The molecule has 0 fully saturated rings. The van der Waals surface area contributed by atoms with Crippen molar-refractivity contribution in [2.24, 2.45) is 0 Å². The van der Waals surface area contributed by atoms with Gasteiger partial charge in [-0.3, -0.25) is 0 Å². The Morgan fingerprint density at radius 1 is 0.750 bits per heavy atom. The van der Waals surface area contributed by atoms with Gasteiger partial charge in [0.05, 0.1) is 11.6 Å². The van der Waals surface area contributed by atoms with Crippen LogP contribution >= 0.6 is 0 Å². The zero-order valence-corrected chi connectivity index (χ0v) is 12.6. The molecule has 1 heteroatoms. The fraction of sp³-hybridized carbons (Fsp3) is 0.316. The number of hydrogen-bond acceptors (Lipinski definition) is 1. The molecule has 0 saturated carbocycles. The summed E-state index contributed by atoms with van der Waals surface area (Å²) in [5, 5.41) is 8.88. The van der Waals surface area contributed by atoms with Gasteiger partial charge in [0.25, 0.3) is 0 Å². The van der Waals surface area contributed by atoms with E-state index in [0.717, 1.165) is 0 Å². The number of benzene rings is 2. The number of nitriles is 1. The predicted molar refractivity (Wildman–Crippen MR) is 84.8 cm³/mol. The fourth-order valence-corrected chi connectivity index (χ4v) is 2.25. The molecule has 0 unspecified atom stereocenters. The van der Waals surface area contributed by atoms with Crippen LogP contribution in [0.15, 0.2) is 42.5 Å². The molecule has 0 spiro atoms. The fourth-order valence-electron chi connectivity index (χ4n) is 2.25. The quantitative estimate of drug-likeness (QED) is 0.720. The maximum atomic E-state index is 8.88. The van der Waals surface area contributed by atoms with Gasteiger partial charge in [-0.1, -0.05) is 58.0 Å². The van der Waals surface area contributed by atoms with Crippen LogP contribution in [0.5, 0.6) is 0 Å². The molecule has 2 rings (SSSR count). The summed E-state index contributed by atoms with van der Waals surface area (Å²) in [6.45, 7) is 8.90. The summed E-state index contributed by atoms with van der Waals surface area (Å²) in [7, 11) is 0. The van der Waals surface area contributed by atoms with Gasteiger partial charge in [0, 0.05) is 0 Å². The normalized spacial score (nSPS) is 10.8. The molecule has 0 N–H and O–H groups in total. The Morgan fingerprint density at radius 2 is 1.25 bits per heavy atom. The highest BCUT2D eigenvalue weighted by atomic mass is 14.2. The van der Waals surface area contributed by atoms with Crippen molar-refractivity contribution in [2.45, 2.75) is 39.5 Å². The number of rotatable bonds is 3. The van der Waals surface area contributed by atoms with Gasteiger partial charge < -0.3 is 0 Å². The van der Waals surface area contributed by atoms with E-state index >= 15 is 0 Å². The summed E-state index contributed by atoms with van der Waals surface area (Å²) in [5.74, 6) is 1.04. The second-order valence-electron chi connectivity index (χ2n) is 5.89. The Labute approximate surface area is 121 Å². The first kappa shape index (κ1) is 14.3. The Kier molecular flexibility index (Phi) is 4.25. The number of nitrogens with zero attached hydrogens (tertiary/aromatic N) is 1. The topological polar surface area (TPSA) is 23.8 Å². The minimum Gasteiger partial charge on any atom is -0.192 e. The Balaban J connectivity index is 2.51. The lowest BCUT2D eigenvalue weighted by Crippen LogP contribution is -1.95. The van der Waals surface area contributed by atoms with E-state index in [2.05, 4.69) is 52.0 Å². The molecule has 102 valence electrons. The second kappa shape index (κ2) is 5.92. The molecule has 0 aliphatic heterocycles. The predicted octanol–water partition coefficient (Wildman–Crippen LogP) is 5.47. The van der Waals surface area contributed by atoms with Gasteiger partial charge in [-0.15, -0.1) is 0 Å². The molecule has 1 nitrogen and oxygen atoms in total. The van der Waals surface area contributed by atoms with Gasteiger partial charge in [0.2, 0.25) is 0 Å².